The molecule has 5 heteroatoms. The van der Waals surface area contributed by atoms with Crippen LogP contribution < -0.4 is 0 Å². The van der Waals surface area contributed by atoms with Crippen molar-refractivity contribution in [3.05, 3.63) is 65.8 Å². The maximum absolute atomic E-state index is 6.20. The normalized spacial score (nSPS) is 11.0. The van der Waals surface area contributed by atoms with Gasteiger partial charge in [-0.05, 0) is 23.6 Å². The monoisotopic (exact) mass is 306 g/mol. The second kappa shape index (κ2) is 5.24. The number of hydrogen-bond acceptors (Lipinski definition) is 3. The Morgan fingerprint density at radius 1 is 0.909 bits per heavy atom. The Morgan fingerprint density at radius 2 is 1.73 bits per heavy atom. The molecule has 0 aliphatic rings. The second-order valence-corrected chi connectivity index (χ2v) is 5.28. The standard InChI is InChI=1S/C17H11ClN4/c18-14-8-4-3-7-13(14)16-20-17(22-21-16)15-12-6-2-1-5-11(12)9-10-19-15/h1-10H,(H,20,21,22). The summed E-state index contributed by atoms with van der Waals surface area (Å²) in [6.07, 6.45) is 1.77. The molecule has 0 unspecified atom stereocenters. The lowest BCUT2D eigenvalue weighted by atomic mass is 10.1. The third-order valence-electron chi connectivity index (χ3n) is 3.50. The molecule has 0 radical (unpaired) electrons. The smallest absolute Gasteiger partial charge is 0.183 e. The molecule has 106 valence electrons. The van der Waals surface area contributed by atoms with Crippen LogP contribution in [0.25, 0.3) is 33.7 Å². The highest BCUT2D eigenvalue weighted by atomic mass is 35.5. The summed E-state index contributed by atoms with van der Waals surface area (Å²) < 4.78 is 0. The molecule has 4 nitrogen and oxygen atoms in total. The van der Waals surface area contributed by atoms with Crippen LogP contribution in [0.2, 0.25) is 5.02 Å². The molecule has 22 heavy (non-hydrogen) atoms. The second-order valence-electron chi connectivity index (χ2n) is 4.87. The van der Waals surface area contributed by atoms with Crippen LogP contribution in [0.5, 0.6) is 0 Å². The summed E-state index contributed by atoms with van der Waals surface area (Å²) in [5.41, 5.74) is 1.58. The Balaban J connectivity index is 1.86. The van der Waals surface area contributed by atoms with Gasteiger partial charge in [0.05, 0.1) is 5.02 Å². The van der Waals surface area contributed by atoms with Crippen LogP contribution in [-0.2, 0) is 0 Å². The average Bonchev–Trinajstić information content (AvgIpc) is 3.04. The number of pyridine rings is 1. The molecule has 2 heterocycles. The number of aromatic nitrogens is 4. The quantitative estimate of drug-likeness (QED) is 0.599. The fourth-order valence-corrected chi connectivity index (χ4v) is 2.66. The van der Waals surface area contributed by atoms with E-state index in [9.17, 15) is 0 Å². The summed E-state index contributed by atoms with van der Waals surface area (Å²) in [5, 5.41) is 10.00. The Kier molecular flexibility index (Phi) is 3.09. The van der Waals surface area contributed by atoms with Crippen molar-refractivity contribution in [1.82, 2.24) is 20.2 Å². The molecule has 0 atom stereocenters. The van der Waals surface area contributed by atoms with E-state index in [1.165, 1.54) is 0 Å². The molecular weight excluding hydrogens is 296 g/mol. The highest BCUT2D eigenvalue weighted by Gasteiger charge is 2.13. The first-order chi connectivity index (χ1) is 10.8. The topological polar surface area (TPSA) is 54.5 Å². The Labute approximate surface area is 131 Å². The van der Waals surface area contributed by atoms with Crippen LogP contribution in [0.4, 0.5) is 0 Å². The molecule has 0 spiro atoms. The van der Waals surface area contributed by atoms with E-state index in [1.54, 1.807) is 6.20 Å². The van der Waals surface area contributed by atoms with Gasteiger partial charge in [0.25, 0.3) is 0 Å². The third kappa shape index (κ3) is 2.14. The molecule has 0 saturated carbocycles. The Hall–Kier alpha value is -2.72. The summed E-state index contributed by atoms with van der Waals surface area (Å²) >= 11 is 6.20. The van der Waals surface area contributed by atoms with E-state index in [1.807, 2.05) is 54.6 Å². The maximum atomic E-state index is 6.20. The Bertz CT molecular complexity index is 956. The third-order valence-corrected chi connectivity index (χ3v) is 3.83. The molecule has 0 aliphatic carbocycles. The predicted molar refractivity (Wildman–Crippen MR) is 87.6 cm³/mol. The minimum absolute atomic E-state index is 0.565. The molecular formula is C17H11ClN4. The van der Waals surface area contributed by atoms with Gasteiger partial charge in [-0.15, -0.1) is 0 Å². The first kappa shape index (κ1) is 13.0. The Morgan fingerprint density at radius 3 is 2.64 bits per heavy atom. The molecule has 0 aliphatic heterocycles. The van der Waals surface area contributed by atoms with E-state index in [0.29, 0.717) is 16.7 Å². The number of nitrogens with one attached hydrogen (secondary N) is 1. The first-order valence-corrected chi connectivity index (χ1v) is 7.22. The fourth-order valence-electron chi connectivity index (χ4n) is 2.44. The molecule has 1 N–H and O–H groups in total. The van der Waals surface area contributed by atoms with E-state index < -0.39 is 0 Å². The summed E-state index contributed by atoms with van der Waals surface area (Å²) in [7, 11) is 0. The highest BCUT2D eigenvalue weighted by molar-refractivity contribution is 6.33. The zero-order chi connectivity index (χ0) is 14.9. The molecule has 2 aromatic heterocycles. The van der Waals surface area contributed by atoms with Crippen LogP contribution in [0, 0.1) is 0 Å². The molecule has 0 fully saturated rings. The number of H-pyrrole nitrogens is 1. The SMILES string of the molecule is Clc1ccccc1-c1n[nH]c(-c2nccc3ccccc23)n1. The van der Waals surface area contributed by atoms with Crippen molar-refractivity contribution >= 4 is 22.4 Å². The minimum atomic E-state index is 0.565. The summed E-state index contributed by atoms with van der Waals surface area (Å²) in [4.78, 5) is 8.99. The van der Waals surface area contributed by atoms with Crippen LogP contribution >= 0.6 is 11.6 Å². The lowest BCUT2D eigenvalue weighted by Gasteiger charge is -2.01. The van der Waals surface area contributed by atoms with Gasteiger partial charge < -0.3 is 0 Å². The lowest BCUT2D eigenvalue weighted by Crippen LogP contribution is -1.88. The van der Waals surface area contributed by atoms with Crippen molar-refractivity contribution in [3.63, 3.8) is 0 Å². The number of benzene rings is 2. The fraction of sp³-hybridized carbons (Fsp3) is 0. The van der Waals surface area contributed by atoms with E-state index in [-0.39, 0.29) is 0 Å². The van der Waals surface area contributed by atoms with Crippen molar-refractivity contribution in [1.29, 1.82) is 0 Å². The summed E-state index contributed by atoms with van der Waals surface area (Å²) in [6, 6.07) is 17.5. The van der Waals surface area contributed by atoms with Crippen molar-refractivity contribution in [2.75, 3.05) is 0 Å². The number of rotatable bonds is 2. The molecule has 0 bridgehead atoms. The van der Waals surface area contributed by atoms with Gasteiger partial charge in [0.2, 0.25) is 0 Å². The predicted octanol–water partition coefficient (Wildman–Crippen LogP) is 4.34. The van der Waals surface area contributed by atoms with Gasteiger partial charge in [-0.3, -0.25) is 10.1 Å². The van der Waals surface area contributed by atoms with Crippen LogP contribution in [0.15, 0.2) is 60.8 Å². The highest BCUT2D eigenvalue weighted by Crippen LogP contribution is 2.28. The van der Waals surface area contributed by atoms with Gasteiger partial charge in [-0.1, -0.05) is 48.0 Å². The lowest BCUT2D eigenvalue weighted by molar-refractivity contribution is 1.09. The summed E-state index contributed by atoms with van der Waals surface area (Å²) in [5.74, 6) is 1.20. The van der Waals surface area contributed by atoms with Crippen molar-refractivity contribution < 1.29 is 0 Å². The van der Waals surface area contributed by atoms with Gasteiger partial charge in [0.1, 0.15) is 5.69 Å². The average molecular weight is 307 g/mol. The van der Waals surface area contributed by atoms with Crippen LogP contribution in [0.3, 0.4) is 0 Å². The van der Waals surface area contributed by atoms with Gasteiger partial charge in [-0.2, -0.15) is 5.10 Å². The summed E-state index contributed by atoms with van der Waals surface area (Å²) in [6.45, 7) is 0. The molecule has 4 aromatic rings. The number of fused-ring (bicyclic) bond motifs is 1. The van der Waals surface area contributed by atoms with E-state index in [0.717, 1.165) is 22.0 Å². The van der Waals surface area contributed by atoms with Gasteiger partial charge in [0, 0.05) is 17.1 Å². The maximum Gasteiger partial charge on any atom is 0.183 e. The van der Waals surface area contributed by atoms with Crippen molar-refractivity contribution in [2.24, 2.45) is 0 Å². The number of hydrogen-bond donors (Lipinski definition) is 1. The van der Waals surface area contributed by atoms with E-state index in [2.05, 4.69) is 20.2 Å². The van der Waals surface area contributed by atoms with Gasteiger partial charge in [0.15, 0.2) is 11.6 Å². The van der Waals surface area contributed by atoms with E-state index in [4.69, 9.17) is 11.6 Å². The zero-order valence-electron chi connectivity index (χ0n) is 11.5. The number of halogens is 1. The first-order valence-electron chi connectivity index (χ1n) is 6.84. The van der Waals surface area contributed by atoms with Crippen LogP contribution in [-0.4, -0.2) is 20.2 Å². The number of aromatic amines is 1. The van der Waals surface area contributed by atoms with Gasteiger partial charge in [-0.25, -0.2) is 4.98 Å². The molecule has 0 saturated heterocycles. The molecule has 4 rings (SSSR count). The van der Waals surface area contributed by atoms with Crippen molar-refractivity contribution in [2.45, 2.75) is 0 Å². The number of nitrogens with zero attached hydrogens (tertiary/aromatic N) is 3. The minimum Gasteiger partial charge on any atom is -0.257 e. The zero-order valence-corrected chi connectivity index (χ0v) is 12.2. The molecule has 0 amide bonds. The largest absolute Gasteiger partial charge is 0.257 e. The van der Waals surface area contributed by atoms with E-state index >= 15 is 0 Å². The van der Waals surface area contributed by atoms with Crippen molar-refractivity contribution in [3.8, 4) is 22.9 Å². The van der Waals surface area contributed by atoms with Gasteiger partial charge >= 0.3 is 0 Å². The molecule has 2 aromatic carbocycles. The van der Waals surface area contributed by atoms with Crippen LogP contribution in [0.1, 0.15) is 0 Å².